The predicted molar refractivity (Wildman–Crippen MR) is 425 cm³/mol. The monoisotopic (exact) mass is 1390 g/mol. The number of carbonyl (C=O) groups is 2. The molecular formula is C88H156NO8P. The largest absolute Gasteiger partial charge is 0.756 e. The smallest absolute Gasteiger partial charge is 0.306 e. The fraction of sp³-hybridized carbons (Fsp3) is 0.750. The van der Waals surface area contributed by atoms with Gasteiger partial charge in [0.2, 0.25) is 0 Å². The molecule has 0 fully saturated rings. The number of unbranched alkanes of at least 4 members (excludes halogenated alkanes) is 42. The van der Waals surface area contributed by atoms with Gasteiger partial charge in [0.25, 0.3) is 7.82 Å². The van der Waals surface area contributed by atoms with Crippen LogP contribution >= 0.6 is 7.82 Å². The van der Waals surface area contributed by atoms with Crippen molar-refractivity contribution in [2.45, 2.75) is 380 Å². The van der Waals surface area contributed by atoms with E-state index in [1.54, 1.807) is 0 Å². The second-order valence-corrected chi connectivity index (χ2v) is 30.2. The Morgan fingerprint density at radius 2 is 0.582 bits per heavy atom. The minimum atomic E-state index is -4.65. The SMILES string of the molecule is CC/C=C\C/C=C\C/C=C\C/C=C\C/C=C\C/C=C\C/C=C\CCCCCCCCCCCCCC(=O)OC(COC(=O)CCCCCCCCCCCCCCCCCCCCCCCCCCCC/C=C\C/C=C\C/C=C\CCCCCCC)COP(=O)([O-])OCC[N+](C)(C)C. The number of ether oxygens (including phenoxy) is 2. The Bertz CT molecular complexity index is 2070. The average molecular weight is 1390 g/mol. The maximum absolute atomic E-state index is 12.9. The van der Waals surface area contributed by atoms with Gasteiger partial charge in [-0.3, -0.25) is 14.2 Å². The quantitative estimate of drug-likeness (QED) is 0.0195. The molecule has 0 saturated heterocycles. The van der Waals surface area contributed by atoms with Crippen LogP contribution in [0.1, 0.15) is 373 Å². The van der Waals surface area contributed by atoms with Crippen molar-refractivity contribution in [2.75, 3.05) is 47.5 Å². The second kappa shape index (κ2) is 77.6. The molecule has 0 aliphatic carbocycles. The maximum Gasteiger partial charge on any atom is 0.306 e. The number of likely N-dealkylation sites (N-methyl/N-ethyl adjacent to an activating group) is 1. The summed E-state index contributed by atoms with van der Waals surface area (Å²) in [4.78, 5) is 38.2. The van der Waals surface area contributed by atoms with E-state index in [0.29, 0.717) is 17.4 Å². The van der Waals surface area contributed by atoms with Gasteiger partial charge in [0, 0.05) is 12.8 Å². The van der Waals surface area contributed by atoms with Crippen LogP contribution in [0, 0.1) is 0 Å². The molecule has 2 unspecified atom stereocenters. The van der Waals surface area contributed by atoms with E-state index in [2.05, 4.69) is 135 Å². The molecule has 0 spiro atoms. The fourth-order valence-electron chi connectivity index (χ4n) is 11.7. The van der Waals surface area contributed by atoms with Gasteiger partial charge in [-0.25, -0.2) is 0 Å². The molecule has 566 valence electrons. The van der Waals surface area contributed by atoms with Crippen molar-refractivity contribution in [1.82, 2.24) is 0 Å². The standard InChI is InChI=1S/C88H156NO8P/c1-6-8-10-12-14-16-18-20-22-24-26-28-30-32-34-36-38-40-41-42-43-44-45-46-47-49-50-52-54-56-58-60-62-64-66-68-70-72-74-76-78-80-87(90)94-84-86(85-96-98(92,93)95-83-82-89(3,4)5)97-88(91)81-79-77-75-73-71-69-67-65-63-61-59-57-55-53-51-48-39-37-35-33-31-29-27-25-23-21-19-17-15-13-11-9-7-2/h9,11,15,17-18,20-21,23-24,26-27,29-30,32-33,35,39,48,53,55,86H,6-8,10,12-14,16,19,22,25,28,31,34,36-38,40-47,49-52,54,56-85H2,1-5H3/b11-9-,17-15-,20-18-,23-21-,26-24-,29-27-,32-30-,35-33-,48-39-,55-53-. The summed E-state index contributed by atoms with van der Waals surface area (Å²) in [5, 5.41) is 0. The molecule has 2 atom stereocenters. The molecule has 0 aliphatic rings. The highest BCUT2D eigenvalue weighted by Crippen LogP contribution is 2.38. The van der Waals surface area contributed by atoms with Gasteiger partial charge >= 0.3 is 11.9 Å². The summed E-state index contributed by atoms with van der Waals surface area (Å²) in [5.41, 5.74) is 0. The molecule has 0 heterocycles. The van der Waals surface area contributed by atoms with E-state index >= 15 is 0 Å². The molecule has 0 aromatic heterocycles. The molecule has 0 rings (SSSR count). The zero-order valence-electron chi connectivity index (χ0n) is 64.7. The van der Waals surface area contributed by atoms with Crippen molar-refractivity contribution >= 4 is 19.8 Å². The molecule has 0 amide bonds. The Balaban J connectivity index is 3.94. The number of allylic oxidation sites excluding steroid dienone is 20. The Kier molecular flexibility index (Phi) is 74.7. The van der Waals surface area contributed by atoms with Gasteiger partial charge in [-0.05, 0) is 109 Å². The van der Waals surface area contributed by atoms with Crippen molar-refractivity contribution in [2.24, 2.45) is 0 Å². The first kappa shape index (κ1) is 94.4. The van der Waals surface area contributed by atoms with Crippen LogP contribution in [-0.4, -0.2) is 70.0 Å². The van der Waals surface area contributed by atoms with Gasteiger partial charge in [-0.2, -0.15) is 0 Å². The van der Waals surface area contributed by atoms with Crippen LogP contribution in [0.25, 0.3) is 0 Å². The highest BCUT2D eigenvalue weighted by Gasteiger charge is 2.22. The lowest BCUT2D eigenvalue weighted by Gasteiger charge is -2.28. The number of carbonyl (C=O) groups excluding carboxylic acids is 2. The summed E-state index contributed by atoms with van der Waals surface area (Å²) >= 11 is 0. The van der Waals surface area contributed by atoms with Crippen LogP contribution in [0.3, 0.4) is 0 Å². The topological polar surface area (TPSA) is 111 Å². The number of hydrogen-bond acceptors (Lipinski definition) is 8. The van der Waals surface area contributed by atoms with E-state index in [1.165, 1.54) is 238 Å². The first-order valence-corrected chi connectivity index (χ1v) is 42.7. The van der Waals surface area contributed by atoms with E-state index in [9.17, 15) is 19.0 Å². The van der Waals surface area contributed by atoms with Crippen LogP contribution in [0.2, 0.25) is 0 Å². The molecule has 0 N–H and O–H groups in total. The fourth-order valence-corrected chi connectivity index (χ4v) is 12.4. The van der Waals surface area contributed by atoms with Crippen molar-refractivity contribution in [3.8, 4) is 0 Å². The lowest BCUT2D eigenvalue weighted by molar-refractivity contribution is -0.870. The van der Waals surface area contributed by atoms with Crippen LogP contribution in [0.5, 0.6) is 0 Å². The van der Waals surface area contributed by atoms with Crippen LogP contribution in [-0.2, 0) is 32.7 Å². The summed E-state index contributed by atoms with van der Waals surface area (Å²) in [7, 11) is 1.17. The van der Waals surface area contributed by atoms with Crippen molar-refractivity contribution in [1.29, 1.82) is 0 Å². The van der Waals surface area contributed by atoms with E-state index in [4.69, 9.17) is 18.5 Å². The summed E-state index contributed by atoms with van der Waals surface area (Å²) in [6.07, 6.45) is 112. The normalized spacial score (nSPS) is 13.7. The predicted octanol–water partition coefficient (Wildman–Crippen LogP) is 27.1. The van der Waals surface area contributed by atoms with E-state index in [-0.39, 0.29) is 32.0 Å². The summed E-state index contributed by atoms with van der Waals surface area (Å²) < 4.78 is 34.4. The third-order valence-electron chi connectivity index (χ3n) is 18.0. The summed E-state index contributed by atoms with van der Waals surface area (Å²) in [6.45, 7) is 4.15. The minimum absolute atomic E-state index is 0.0342. The third-order valence-corrected chi connectivity index (χ3v) is 18.9. The molecule has 0 aromatic rings. The van der Waals surface area contributed by atoms with Crippen molar-refractivity contribution in [3.05, 3.63) is 122 Å². The number of phosphoric acid groups is 1. The van der Waals surface area contributed by atoms with Gasteiger partial charge in [-0.1, -0.05) is 373 Å². The Labute approximate surface area is 607 Å². The highest BCUT2D eigenvalue weighted by molar-refractivity contribution is 7.45. The number of nitrogens with zero attached hydrogens (tertiary/aromatic N) is 1. The van der Waals surface area contributed by atoms with E-state index in [0.717, 1.165) is 103 Å². The third kappa shape index (κ3) is 81.4. The van der Waals surface area contributed by atoms with Gasteiger partial charge in [0.1, 0.15) is 19.8 Å². The van der Waals surface area contributed by atoms with E-state index < -0.39 is 26.5 Å². The lowest BCUT2D eigenvalue weighted by atomic mass is 10.0. The first-order valence-electron chi connectivity index (χ1n) is 41.2. The first-order chi connectivity index (χ1) is 48.0. The van der Waals surface area contributed by atoms with Crippen molar-refractivity contribution < 1.29 is 42.1 Å². The highest BCUT2D eigenvalue weighted by atomic mass is 31.2. The zero-order chi connectivity index (χ0) is 71.1. The number of phosphoric ester groups is 1. The Morgan fingerprint density at radius 1 is 0.327 bits per heavy atom. The van der Waals surface area contributed by atoms with Gasteiger partial charge in [0.05, 0.1) is 27.7 Å². The van der Waals surface area contributed by atoms with E-state index in [1.807, 2.05) is 21.1 Å². The van der Waals surface area contributed by atoms with Gasteiger partial charge in [0.15, 0.2) is 6.10 Å². The number of hydrogen-bond donors (Lipinski definition) is 0. The molecule has 0 radical (unpaired) electrons. The van der Waals surface area contributed by atoms with Gasteiger partial charge in [-0.15, -0.1) is 0 Å². The Morgan fingerprint density at radius 3 is 0.867 bits per heavy atom. The molecule has 9 nitrogen and oxygen atoms in total. The number of rotatable bonds is 76. The molecular weight excluding hydrogens is 1230 g/mol. The maximum atomic E-state index is 12.9. The average Bonchev–Trinajstić information content (AvgIpc) is 1.08. The van der Waals surface area contributed by atoms with Crippen molar-refractivity contribution in [3.63, 3.8) is 0 Å². The van der Waals surface area contributed by atoms with Crippen LogP contribution in [0.15, 0.2) is 122 Å². The second-order valence-electron chi connectivity index (χ2n) is 28.8. The molecule has 10 heteroatoms. The Hall–Kier alpha value is -3.59. The molecule has 98 heavy (non-hydrogen) atoms. The summed E-state index contributed by atoms with van der Waals surface area (Å²) in [6, 6.07) is 0. The van der Waals surface area contributed by atoms with Crippen LogP contribution in [0.4, 0.5) is 0 Å². The molecule has 0 saturated carbocycles. The van der Waals surface area contributed by atoms with Crippen LogP contribution < -0.4 is 4.89 Å². The minimum Gasteiger partial charge on any atom is -0.756 e. The molecule has 0 bridgehead atoms. The zero-order valence-corrected chi connectivity index (χ0v) is 65.6. The van der Waals surface area contributed by atoms with Gasteiger partial charge < -0.3 is 27.9 Å². The molecule has 0 aliphatic heterocycles. The number of quaternary nitrogens is 1. The molecule has 0 aromatic carbocycles. The number of esters is 2. The lowest BCUT2D eigenvalue weighted by Crippen LogP contribution is -2.37. The summed E-state index contributed by atoms with van der Waals surface area (Å²) in [5.74, 6) is -0.826.